The van der Waals surface area contributed by atoms with E-state index in [0.29, 0.717) is 10.8 Å². The Morgan fingerprint density at radius 3 is 2.67 bits per heavy atom. The summed E-state index contributed by atoms with van der Waals surface area (Å²) < 4.78 is 1.05. The van der Waals surface area contributed by atoms with E-state index in [1.165, 1.54) is 5.56 Å². The molecule has 0 amide bonds. The number of hydrogen-bond donors (Lipinski definition) is 2. The Bertz CT molecular complexity index is 700. The third kappa shape index (κ3) is 3.39. The van der Waals surface area contributed by atoms with Gasteiger partial charge in [-0.1, -0.05) is 35.1 Å². The molecule has 3 N–H and O–H groups in total. The molecule has 0 bridgehead atoms. The van der Waals surface area contributed by atoms with Crippen molar-refractivity contribution in [3.05, 3.63) is 45.1 Å². The topological polar surface area (TPSA) is 63.8 Å². The number of aryl methyl sites for hydroxylation is 2. The van der Waals surface area contributed by atoms with Gasteiger partial charge in [-0.15, -0.1) is 5.10 Å². The predicted octanol–water partition coefficient (Wildman–Crippen LogP) is 3.80. The fraction of sp³-hybridized carbons (Fsp3) is 0.267. The monoisotopic (exact) mass is 364 g/mol. The van der Waals surface area contributed by atoms with Gasteiger partial charge in [0, 0.05) is 10.2 Å². The SMILES string of the molecule is CCc1cc(Br)ccc1Nc1nnc(C)c(C)c1C(N)=S. The summed E-state index contributed by atoms with van der Waals surface area (Å²) in [4.78, 5) is 0.322. The molecular weight excluding hydrogens is 348 g/mol. The summed E-state index contributed by atoms with van der Waals surface area (Å²) in [6, 6.07) is 6.07. The van der Waals surface area contributed by atoms with Crippen LogP contribution in [0.2, 0.25) is 0 Å². The molecular formula is C15H17BrN4S. The summed E-state index contributed by atoms with van der Waals surface area (Å²) in [6.07, 6.45) is 0.905. The van der Waals surface area contributed by atoms with Crippen molar-refractivity contribution >= 4 is 44.6 Å². The van der Waals surface area contributed by atoms with Crippen LogP contribution in [0.4, 0.5) is 11.5 Å². The Kier molecular flexibility index (Phi) is 4.90. The molecule has 0 atom stereocenters. The van der Waals surface area contributed by atoms with Gasteiger partial charge >= 0.3 is 0 Å². The molecule has 21 heavy (non-hydrogen) atoms. The second-order valence-electron chi connectivity index (χ2n) is 4.78. The van der Waals surface area contributed by atoms with Crippen LogP contribution in [0, 0.1) is 13.8 Å². The van der Waals surface area contributed by atoms with E-state index in [1.807, 2.05) is 26.0 Å². The molecule has 0 unspecified atom stereocenters. The minimum Gasteiger partial charge on any atom is -0.389 e. The van der Waals surface area contributed by atoms with Gasteiger partial charge in [-0.2, -0.15) is 5.10 Å². The standard InChI is InChI=1S/C15H17BrN4S/c1-4-10-7-11(16)5-6-12(10)18-15-13(14(17)21)8(2)9(3)19-20-15/h5-7H,4H2,1-3H3,(H2,17,21)(H,18,20). The number of aromatic nitrogens is 2. The van der Waals surface area contributed by atoms with Crippen molar-refractivity contribution in [2.75, 3.05) is 5.32 Å². The minimum atomic E-state index is 0.322. The van der Waals surface area contributed by atoms with E-state index >= 15 is 0 Å². The lowest BCUT2D eigenvalue weighted by Gasteiger charge is -2.15. The van der Waals surface area contributed by atoms with Crippen LogP contribution in [0.1, 0.15) is 29.3 Å². The van der Waals surface area contributed by atoms with Crippen molar-refractivity contribution in [1.29, 1.82) is 0 Å². The van der Waals surface area contributed by atoms with Crippen molar-refractivity contribution in [3.63, 3.8) is 0 Å². The van der Waals surface area contributed by atoms with E-state index in [1.54, 1.807) is 0 Å². The number of rotatable bonds is 4. The molecule has 0 saturated heterocycles. The lowest BCUT2D eigenvalue weighted by Crippen LogP contribution is -2.17. The Hall–Kier alpha value is -1.53. The second kappa shape index (κ2) is 6.49. The lowest BCUT2D eigenvalue weighted by atomic mass is 10.1. The number of halogens is 1. The van der Waals surface area contributed by atoms with Crippen molar-refractivity contribution in [2.45, 2.75) is 27.2 Å². The van der Waals surface area contributed by atoms with Gasteiger partial charge in [0.2, 0.25) is 0 Å². The van der Waals surface area contributed by atoms with Crippen molar-refractivity contribution in [2.24, 2.45) is 5.73 Å². The first-order chi connectivity index (χ1) is 9.93. The molecule has 0 aliphatic heterocycles. The summed E-state index contributed by atoms with van der Waals surface area (Å²) in [7, 11) is 0. The second-order valence-corrected chi connectivity index (χ2v) is 6.13. The molecule has 2 aromatic rings. The Labute approximate surface area is 138 Å². The van der Waals surface area contributed by atoms with Crippen LogP contribution < -0.4 is 11.1 Å². The molecule has 0 fully saturated rings. The van der Waals surface area contributed by atoms with Crippen LogP contribution in [0.25, 0.3) is 0 Å². The molecule has 110 valence electrons. The fourth-order valence-electron chi connectivity index (χ4n) is 2.10. The highest BCUT2D eigenvalue weighted by atomic mass is 79.9. The smallest absolute Gasteiger partial charge is 0.163 e. The zero-order valence-corrected chi connectivity index (χ0v) is 14.6. The number of nitrogens with one attached hydrogen (secondary N) is 1. The van der Waals surface area contributed by atoms with Gasteiger partial charge in [0.1, 0.15) is 4.99 Å². The van der Waals surface area contributed by atoms with Crippen LogP contribution in [-0.2, 0) is 6.42 Å². The summed E-state index contributed by atoms with van der Waals surface area (Å²) in [5.41, 5.74) is 10.5. The zero-order valence-electron chi connectivity index (χ0n) is 12.2. The number of nitrogens with two attached hydrogens (primary N) is 1. The molecule has 0 spiro atoms. The fourth-order valence-corrected chi connectivity index (χ4v) is 2.76. The molecule has 1 heterocycles. The van der Waals surface area contributed by atoms with Crippen molar-refractivity contribution in [3.8, 4) is 0 Å². The third-order valence-corrected chi connectivity index (χ3v) is 4.10. The van der Waals surface area contributed by atoms with Gasteiger partial charge in [-0.25, -0.2) is 0 Å². The van der Waals surface area contributed by atoms with E-state index in [2.05, 4.69) is 44.4 Å². The zero-order chi connectivity index (χ0) is 15.6. The Balaban J connectivity index is 2.50. The molecule has 1 aromatic carbocycles. The molecule has 0 aliphatic rings. The van der Waals surface area contributed by atoms with Gasteiger partial charge in [0.15, 0.2) is 5.82 Å². The van der Waals surface area contributed by atoms with Gasteiger partial charge in [-0.3, -0.25) is 0 Å². The van der Waals surface area contributed by atoms with Crippen molar-refractivity contribution < 1.29 is 0 Å². The Morgan fingerprint density at radius 2 is 2.05 bits per heavy atom. The first-order valence-corrected chi connectivity index (χ1v) is 7.83. The van der Waals surface area contributed by atoms with Gasteiger partial charge in [0.05, 0.1) is 11.3 Å². The predicted molar refractivity (Wildman–Crippen MR) is 94.2 cm³/mol. The lowest BCUT2D eigenvalue weighted by molar-refractivity contribution is 0.962. The minimum absolute atomic E-state index is 0.322. The van der Waals surface area contributed by atoms with Crippen LogP contribution in [-0.4, -0.2) is 15.2 Å². The average Bonchev–Trinajstić information content (AvgIpc) is 2.44. The first kappa shape index (κ1) is 15.9. The molecule has 4 nitrogen and oxygen atoms in total. The van der Waals surface area contributed by atoms with Gasteiger partial charge < -0.3 is 11.1 Å². The summed E-state index contributed by atoms with van der Waals surface area (Å²) in [5, 5.41) is 11.7. The van der Waals surface area contributed by atoms with Crippen LogP contribution in [0.3, 0.4) is 0 Å². The molecule has 0 radical (unpaired) electrons. The summed E-state index contributed by atoms with van der Waals surface area (Å²) >= 11 is 8.64. The molecule has 0 aliphatic carbocycles. The average molecular weight is 365 g/mol. The number of nitrogens with zero attached hydrogens (tertiary/aromatic N) is 2. The highest BCUT2D eigenvalue weighted by Crippen LogP contribution is 2.27. The quantitative estimate of drug-likeness (QED) is 0.807. The maximum atomic E-state index is 5.85. The molecule has 0 saturated carbocycles. The molecule has 2 rings (SSSR count). The first-order valence-electron chi connectivity index (χ1n) is 6.63. The van der Waals surface area contributed by atoms with Crippen LogP contribution in [0.15, 0.2) is 22.7 Å². The normalized spacial score (nSPS) is 10.5. The van der Waals surface area contributed by atoms with E-state index < -0.39 is 0 Å². The number of anilines is 2. The number of hydrogen-bond acceptors (Lipinski definition) is 4. The third-order valence-electron chi connectivity index (χ3n) is 3.40. The Morgan fingerprint density at radius 1 is 1.33 bits per heavy atom. The summed E-state index contributed by atoms with van der Waals surface area (Å²) in [6.45, 7) is 5.95. The van der Waals surface area contributed by atoms with E-state index in [9.17, 15) is 0 Å². The highest BCUT2D eigenvalue weighted by Gasteiger charge is 2.14. The maximum absolute atomic E-state index is 5.85. The molecule has 1 aromatic heterocycles. The van der Waals surface area contributed by atoms with Crippen molar-refractivity contribution in [1.82, 2.24) is 10.2 Å². The maximum Gasteiger partial charge on any atom is 0.163 e. The number of thiocarbonyl (C=S) groups is 1. The molecule has 6 heteroatoms. The highest BCUT2D eigenvalue weighted by molar-refractivity contribution is 9.10. The van der Waals surface area contributed by atoms with E-state index in [0.717, 1.165) is 33.4 Å². The largest absolute Gasteiger partial charge is 0.389 e. The van der Waals surface area contributed by atoms with E-state index in [-0.39, 0.29) is 0 Å². The number of benzene rings is 1. The van der Waals surface area contributed by atoms with E-state index in [4.69, 9.17) is 18.0 Å². The van der Waals surface area contributed by atoms with Gasteiger partial charge in [-0.05, 0) is 49.6 Å². The van der Waals surface area contributed by atoms with Crippen LogP contribution in [0.5, 0.6) is 0 Å². The van der Waals surface area contributed by atoms with Gasteiger partial charge in [0.25, 0.3) is 0 Å². The summed E-state index contributed by atoms with van der Waals surface area (Å²) in [5.74, 6) is 0.600. The van der Waals surface area contributed by atoms with Crippen LogP contribution >= 0.6 is 28.1 Å².